The second kappa shape index (κ2) is 8.90. The number of halogens is 2. The fourth-order valence-electron chi connectivity index (χ4n) is 3.43. The van der Waals surface area contributed by atoms with Crippen molar-refractivity contribution in [2.24, 2.45) is 5.92 Å². The summed E-state index contributed by atoms with van der Waals surface area (Å²) < 4.78 is 0. The highest BCUT2D eigenvalue weighted by molar-refractivity contribution is 6.30. The molecule has 0 unspecified atom stereocenters. The SMILES string of the molecule is C[C@@H](NC(=O)[C@@H]1CCCN(Cc2ccc(Cl)cc2)C1)c1ccc(Cl)cc1. The van der Waals surface area contributed by atoms with E-state index in [4.69, 9.17) is 23.2 Å². The van der Waals surface area contributed by atoms with Crippen molar-refractivity contribution in [3.63, 3.8) is 0 Å². The van der Waals surface area contributed by atoms with Gasteiger partial charge in [0.2, 0.25) is 5.91 Å². The smallest absolute Gasteiger partial charge is 0.224 e. The van der Waals surface area contributed by atoms with Crippen LogP contribution in [-0.4, -0.2) is 23.9 Å². The third-order valence-electron chi connectivity index (χ3n) is 4.92. The van der Waals surface area contributed by atoms with Crippen molar-refractivity contribution >= 4 is 29.1 Å². The molecule has 1 aliphatic heterocycles. The van der Waals surface area contributed by atoms with E-state index in [1.807, 2.05) is 43.3 Å². The van der Waals surface area contributed by atoms with Gasteiger partial charge in [-0.2, -0.15) is 0 Å². The number of rotatable bonds is 5. The summed E-state index contributed by atoms with van der Waals surface area (Å²) in [5.41, 5.74) is 2.29. The molecular formula is C21H24Cl2N2O. The predicted molar refractivity (Wildman–Crippen MR) is 107 cm³/mol. The van der Waals surface area contributed by atoms with Crippen molar-refractivity contribution in [3.8, 4) is 0 Å². The Balaban J connectivity index is 1.55. The Labute approximate surface area is 165 Å². The van der Waals surface area contributed by atoms with Crippen LogP contribution in [0.15, 0.2) is 48.5 Å². The third kappa shape index (κ3) is 5.23. The third-order valence-corrected chi connectivity index (χ3v) is 5.43. The number of amides is 1. The van der Waals surface area contributed by atoms with E-state index in [0.29, 0.717) is 5.02 Å². The molecule has 2 aromatic rings. The minimum absolute atomic E-state index is 0.0218. The average Bonchev–Trinajstić information content (AvgIpc) is 2.64. The van der Waals surface area contributed by atoms with Gasteiger partial charge in [-0.05, 0) is 61.7 Å². The van der Waals surface area contributed by atoms with E-state index in [1.165, 1.54) is 5.56 Å². The average molecular weight is 391 g/mol. The van der Waals surface area contributed by atoms with E-state index in [0.717, 1.165) is 43.1 Å². The van der Waals surface area contributed by atoms with E-state index in [2.05, 4.69) is 22.3 Å². The second-order valence-corrected chi connectivity index (χ2v) is 7.86. The van der Waals surface area contributed by atoms with E-state index in [-0.39, 0.29) is 17.9 Å². The van der Waals surface area contributed by atoms with Gasteiger partial charge >= 0.3 is 0 Å². The van der Waals surface area contributed by atoms with Gasteiger partial charge in [-0.25, -0.2) is 0 Å². The minimum atomic E-state index is -0.0218. The van der Waals surface area contributed by atoms with E-state index in [1.54, 1.807) is 0 Å². The fraction of sp³-hybridized carbons (Fsp3) is 0.381. The maximum absolute atomic E-state index is 12.7. The zero-order chi connectivity index (χ0) is 18.5. The Hall–Kier alpha value is -1.55. The summed E-state index contributed by atoms with van der Waals surface area (Å²) in [6.45, 7) is 4.68. The normalized spacial score (nSPS) is 19.1. The highest BCUT2D eigenvalue weighted by atomic mass is 35.5. The summed E-state index contributed by atoms with van der Waals surface area (Å²) in [6.07, 6.45) is 1.98. The molecule has 0 saturated carbocycles. The van der Waals surface area contributed by atoms with Crippen LogP contribution in [0.1, 0.15) is 36.9 Å². The Morgan fingerprint density at radius 2 is 1.73 bits per heavy atom. The zero-order valence-electron chi connectivity index (χ0n) is 14.9. The number of nitrogens with one attached hydrogen (secondary N) is 1. The number of carbonyl (C=O) groups is 1. The van der Waals surface area contributed by atoms with Crippen LogP contribution >= 0.6 is 23.2 Å². The molecule has 138 valence electrons. The molecule has 0 radical (unpaired) electrons. The lowest BCUT2D eigenvalue weighted by atomic mass is 9.96. The molecule has 1 amide bonds. The molecule has 1 aliphatic rings. The molecule has 3 rings (SSSR count). The lowest BCUT2D eigenvalue weighted by Gasteiger charge is -2.32. The van der Waals surface area contributed by atoms with Gasteiger partial charge in [-0.3, -0.25) is 9.69 Å². The fourth-order valence-corrected chi connectivity index (χ4v) is 3.68. The van der Waals surface area contributed by atoms with Crippen LogP contribution in [0.5, 0.6) is 0 Å². The van der Waals surface area contributed by atoms with Crippen LogP contribution < -0.4 is 5.32 Å². The molecule has 3 nitrogen and oxygen atoms in total. The number of benzene rings is 2. The Kier molecular flexibility index (Phi) is 6.58. The highest BCUT2D eigenvalue weighted by Crippen LogP contribution is 2.22. The van der Waals surface area contributed by atoms with Gasteiger partial charge in [0.15, 0.2) is 0 Å². The van der Waals surface area contributed by atoms with Gasteiger partial charge in [0, 0.05) is 23.1 Å². The summed E-state index contributed by atoms with van der Waals surface area (Å²) in [4.78, 5) is 15.1. The van der Waals surface area contributed by atoms with Gasteiger partial charge in [0.05, 0.1) is 12.0 Å². The van der Waals surface area contributed by atoms with Crippen LogP contribution in [0.3, 0.4) is 0 Å². The lowest BCUT2D eigenvalue weighted by Crippen LogP contribution is -2.43. The lowest BCUT2D eigenvalue weighted by molar-refractivity contribution is -0.127. The highest BCUT2D eigenvalue weighted by Gasteiger charge is 2.26. The van der Waals surface area contributed by atoms with Crippen LogP contribution in [-0.2, 0) is 11.3 Å². The molecule has 1 heterocycles. The molecule has 0 spiro atoms. The van der Waals surface area contributed by atoms with Gasteiger partial charge in [0.1, 0.15) is 0 Å². The van der Waals surface area contributed by atoms with E-state index >= 15 is 0 Å². The van der Waals surface area contributed by atoms with Crippen molar-refractivity contribution in [1.29, 1.82) is 0 Å². The van der Waals surface area contributed by atoms with Crippen LogP contribution in [0.2, 0.25) is 10.0 Å². The first kappa shape index (κ1) is 19.2. The molecule has 2 atom stereocenters. The molecule has 5 heteroatoms. The molecule has 0 aliphatic carbocycles. The Morgan fingerprint density at radius 1 is 1.12 bits per heavy atom. The van der Waals surface area contributed by atoms with Crippen molar-refractivity contribution in [2.45, 2.75) is 32.4 Å². The largest absolute Gasteiger partial charge is 0.349 e. The van der Waals surface area contributed by atoms with Gasteiger partial charge in [-0.1, -0.05) is 47.5 Å². The van der Waals surface area contributed by atoms with E-state index in [9.17, 15) is 4.79 Å². The van der Waals surface area contributed by atoms with Crippen LogP contribution in [0.25, 0.3) is 0 Å². The molecule has 26 heavy (non-hydrogen) atoms. The quantitative estimate of drug-likeness (QED) is 0.771. The van der Waals surface area contributed by atoms with Crippen LogP contribution in [0, 0.1) is 5.92 Å². The number of likely N-dealkylation sites (tertiary alicyclic amines) is 1. The summed E-state index contributed by atoms with van der Waals surface area (Å²) in [5, 5.41) is 4.61. The maximum Gasteiger partial charge on any atom is 0.224 e. The molecule has 1 N–H and O–H groups in total. The minimum Gasteiger partial charge on any atom is -0.349 e. The molecular weight excluding hydrogens is 367 g/mol. The first-order valence-electron chi connectivity index (χ1n) is 9.04. The van der Waals surface area contributed by atoms with Crippen LogP contribution in [0.4, 0.5) is 0 Å². The number of hydrogen-bond donors (Lipinski definition) is 1. The summed E-state index contributed by atoms with van der Waals surface area (Å²) in [5.74, 6) is 0.166. The molecule has 1 saturated heterocycles. The zero-order valence-corrected chi connectivity index (χ0v) is 16.4. The van der Waals surface area contributed by atoms with Gasteiger partial charge < -0.3 is 5.32 Å². The standard InChI is InChI=1S/C21H24Cl2N2O/c1-15(17-6-10-20(23)11-7-17)24-21(26)18-3-2-12-25(14-18)13-16-4-8-19(22)9-5-16/h4-11,15,18H,2-3,12-14H2,1H3,(H,24,26)/t15-,18-/m1/s1. The molecule has 0 aromatic heterocycles. The molecule has 2 aromatic carbocycles. The Bertz CT molecular complexity index is 731. The monoisotopic (exact) mass is 390 g/mol. The van der Waals surface area contributed by atoms with Gasteiger partial charge in [-0.15, -0.1) is 0 Å². The van der Waals surface area contributed by atoms with Crippen molar-refractivity contribution in [1.82, 2.24) is 10.2 Å². The number of carbonyl (C=O) groups excluding carboxylic acids is 1. The number of nitrogens with zero attached hydrogens (tertiary/aromatic N) is 1. The molecule has 1 fully saturated rings. The molecule has 0 bridgehead atoms. The Morgan fingerprint density at radius 3 is 2.38 bits per heavy atom. The predicted octanol–water partition coefficient (Wildman–Crippen LogP) is 5.08. The van der Waals surface area contributed by atoms with Crippen molar-refractivity contribution in [3.05, 3.63) is 69.7 Å². The van der Waals surface area contributed by atoms with E-state index < -0.39 is 0 Å². The van der Waals surface area contributed by atoms with Crippen molar-refractivity contribution in [2.75, 3.05) is 13.1 Å². The topological polar surface area (TPSA) is 32.3 Å². The number of hydrogen-bond acceptors (Lipinski definition) is 2. The first-order valence-corrected chi connectivity index (χ1v) is 9.79. The summed E-state index contributed by atoms with van der Waals surface area (Å²) >= 11 is 11.9. The first-order chi connectivity index (χ1) is 12.5. The summed E-state index contributed by atoms with van der Waals surface area (Å²) in [7, 11) is 0. The maximum atomic E-state index is 12.7. The summed E-state index contributed by atoms with van der Waals surface area (Å²) in [6, 6.07) is 15.5. The van der Waals surface area contributed by atoms with Crippen molar-refractivity contribution < 1.29 is 4.79 Å². The number of piperidine rings is 1. The second-order valence-electron chi connectivity index (χ2n) is 6.98. The van der Waals surface area contributed by atoms with Gasteiger partial charge in [0.25, 0.3) is 0 Å².